The van der Waals surface area contributed by atoms with Gasteiger partial charge in [-0.05, 0) is 34.0 Å². The fourth-order valence-electron chi connectivity index (χ4n) is 2.62. The van der Waals surface area contributed by atoms with Crippen molar-refractivity contribution < 1.29 is 5.11 Å². The maximum atomic E-state index is 9.65. The molecule has 27 heavy (non-hydrogen) atoms. The Kier molecular flexibility index (Phi) is 6.42. The van der Waals surface area contributed by atoms with Gasteiger partial charge in [-0.25, -0.2) is 4.98 Å². The van der Waals surface area contributed by atoms with Gasteiger partial charge in [0.2, 0.25) is 5.95 Å². The fourth-order valence-corrected chi connectivity index (χ4v) is 3.01. The van der Waals surface area contributed by atoms with Crippen LogP contribution in [-0.4, -0.2) is 27.7 Å². The molecule has 0 bridgehead atoms. The van der Waals surface area contributed by atoms with E-state index in [9.17, 15) is 5.11 Å². The standard InChI is InChI=1S/C21H23BrN4O/c1-14(2)19(13-27)25-21-24-18(15-8-4-3-5-9-15)12-20(26-21)23-17-11-7-6-10-16(17)22/h3-12,14,19,27H,13H2,1-2H3,(H2,23,24,25,26)/t19-/m0/s1. The number of aliphatic hydroxyl groups is 1. The van der Waals surface area contributed by atoms with Gasteiger partial charge in [-0.2, -0.15) is 4.98 Å². The van der Waals surface area contributed by atoms with E-state index in [0.717, 1.165) is 21.4 Å². The minimum atomic E-state index is -0.118. The van der Waals surface area contributed by atoms with Crippen LogP contribution in [0.1, 0.15) is 13.8 Å². The van der Waals surface area contributed by atoms with Crippen molar-refractivity contribution in [1.82, 2.24) is 9.97 Å². The lowest BCUT2D eigenvalue weighted by molar-refractivity contribution is 0.248. The molecule has 0 aliphatic rings. The van der Waals surface area contributed by atoms with Crippen LogP contribution in [0.2, 0.25) is 0 Å². The van der Waals surface area contributed by atoms with Gasteiger partial charge in [0.25, 0.3) is 0 Å². The summed E-state index contributed by atoms with van der Waals surface area (Å²) in [6, 6.07) is 19.7. The Bertz CT molecular complexity index is 886. The third-order valence-electron chi connectivity index (χ3n) is 4.25. The van der Waals surface area contributed by atoms with Crippen molar-refractivity contribution in [3.8, 4) is 11.3 Å². The number of para-hydroxylation sites is 1. The molecule has 0 radical (unpaired) electrons. The third-order valence-corrected chi connectivity index (χ3v) is 4.94. The number of aromatic nitrogens is 2. The Morgan fingerprint density at radius 1 is 1.00 bits per heavy atom. The minimum absolute atomic E-state index is 0.0174. The van der Waals surface area contributed by atoms with Gasteiger partial charge in [-0.15, -0.1) is 0 Å². The summed E-state index contributed by atoms with van der Waals surface area (Å²) in [7, 11) is 0. The summed E-state index contributed by atoms with van der Waals surface area (Å²) in [5, 5.41) is 16.2. The Hall–Kier alpha value is -2.44. The number of benzene rings is 2. The predicted molar refractivity (Wildman–Crippen MR) is 114 cm³/mol. The molecule has 1 heterocycles. The second-order valence-electron chi connectivity index (χ2n) is 6.61. The lowest BCUT2D eigenvalue weighted by Gasteiger charge is -2.21. The molecule has 3 rings (SSSR count). The molecule has 0 saturated heterocycles. The number of hydrogen-bond donors (Lipinski definition) is 3. The monoisotopic (exact) mass is 426 g/mol. The van der Waals surface area contributed by atoms with E-state index in [1.165, 1.54) is 0 Å². The normalized spacial score (nSPS) is 12.0. The van der Waals surface area contributed by atoms with Crippen molar-refractivity contribution in [2.45, 2.75) is 19.9 Å². The molecule has 1 aromatic heterocycles. The summed E-state index contributed by atoms with van der Waals surface area (Å²) >= 11 is 3.55. The number of nitrogens with one attached hydrogen (secondary N) is 2. The lowest BCUT2D eigenvalue weighted by Crippen LogP contribution is -2.30. The summed E-state index contributed by atoms with van der Waals surface area (Å²) in [6.45, 7) is 4.12. The average Bonchev–Trinajstić information content (AvgIpc) is 2.68. The molecule has 140 valence electrons. The quantitative estimate of drug-likeness (QED) is 0.491. The highest BCUT2D eigenvalue weighted by atomic mass is 79.9. The molecule has 3 aromatic rings. The molecule has 0 aliphatic carbocycles. The van der Waals surface area contributed by atoms with Crippen LogP contribution in [0.4, 0.5) is 17.5 Å². The second kappa shape index (κ2) is 8.97. The lowest BCUT2D eigenvalue weighted by atomic mass is 10.1. The average molecular weight is 427 g/mol. The summed E-state index contributed by atoms with van der Waals surface area (Å²) < 4.78 is 0.954. The summed E-state index contributed by atoms with van der Waals surface area (Å²) in [6.07, 6.45) is 0. The molecule has 2 aromatic carbocycles. The molecule has 1 atom stereocenters. The predicted octanol–water partition coefficient (Wildman–Crippen LogP) is 5.08. The summed E-state index contributed by atoms with van der Waals surface area (Å²) in [5.41, 5.74) is 2.73. The molecule has 0 amide bonds. The van der Waals surface area contributed by atoms with Crippen molar-refractivity contribution in [3.63, 3.8) is 0 Å². The number of nitrogens with zero attached hydrogens (tertiary/aromatic N) is 2. The van der Waals surface area contributed by atoms with Crippen molar-refractivity contribution in [2.24, 2.45) is 5.92 Å². The van der Waals surface area contributed by atoms with Crippen molar-refractivity contribution in [3.05, 3.63) is 65.1 Å². The Morgan fingerprint density at radius 3 is 2.37 bits per heavy atom. The Labute approximate surface area is 168 Å². The van der Waals surface area contributed by atoms with Gasteiger partial charge in [0, 0.05) is 16.1 Å². The van der Waals surface area contributed by atoms with Gasteiger partial charge in [0.15, 0.2) is 0 Å². The van der Waals surface area contributed by atoms with Gasteiger partial charge in [-0.3, -0.25) is 0 Å². The third kappa shape index (κ3) is 5.05. The first kappa shape index (κ1) is 19.3. The molecule has 0 unspecified atom stereocenters. The molecule has 0 fully saturated rings. The molecule has 5 nitrogen and oxygen atoms in total. The van der Waals surface area contributed by atoms with E-state index >= 15 is 0 Å². The highest BCUT2D eigenvalue weighted by molar-refractivity contribution is 9.10. The molecule has 6 heteroatoms. The Balaban J connectivity index is 1.99. The number of aliphatic hydroxyl groups excluding tert-OH is 1. The van der Waals surface area contributed by atoms with Crippen molar-refractivity contribution in [1.29, 1.82) is 0 Å². The largest absolute Gasteiger partial charge is 0.394 e. The smallest absolute Gasteiger partial charge is 0.225 e. The maximum Gasteiger partial charge on any atom is 0.225 e. The first-order valence-corrected chi connectivity index (χ1v) is 9.69. The first-order chi connectivity index (χ1) is 13.1. The number of rotatable bonds is 7. The molecule has 3 N–H and O–H groups in total. The van der Waals surface area contributed by atoms with Gasteiger partial charge in [0.1, 0.15) is 5.82 Å². The van der Waals surface area contributed by atoms with Gasteiger partial charge in [0.05, 0.1) is 24.0 Å². The van der Waals surface area contributed by atoms with Crippen LogP contribution in [-0.2, 0) is 0 Å². The highest BCUT2D eigenvalue weighted by Crippen LogP contribution is 2.27. The van der Waals surface area contributed by atoms with E-state index < -0.39 is 0 Å². The molecule has 0 spiro atoms. The topological polar surface area (TPSA) is 70.1 Å². The van der Waals surface area contributed by atoms with E-state index in [1.807, 2.05) is 60.7 Å². The molecular weight excluding hydrogens is 404 g/mol. The number of halogens is 1. The fraction of sp³-hybridized carbons (Fsp3) is 0.238. The SMILES string of the molecule is CC(C)[C@H](CO)Nc1nc(Nc2ccccc2Br)cc(-c2ccccc2)n1. The number of hydrogen-bond acceptors (Lipinski definition) is 5. The summed E-state index contributed by atoms with van der Waals surface area (Å²) in [4.78, 5) is 9.25. The zero-order chi connectivity index (χ0) is 19.2. The zero-order valence-corrected chi connectivity index (χ0v) is 16.9. The van der Waals surface area contributed by atoms with Gasteiger partial charge >= 0.3 is 0 Å². The van der Waals surface area contributed by atoms with Crippen LogP contribution in [0.25, 0.3) is 11.3 Å². The minimum Gasteiger partial charge on any atom is -0.394 e. The van der Waals surface area contributed by atoms with Crippen LogP contribution in [0, 0.1) is 5.92 Å². The van der Waals surface area contributed by atoms with E-state index in [1.54, 1.807) is 0 Å². The second-order valence-corrected chi connectivity index (χ2v) is 7.46. The van der Waals surface area contributed by atoms with Crippen LogP contribution in [0.3, 0.4) is 0 Å². The van der Waals surface area contributed by atoms with E-state index in [0.29, 0.717) is 11.8 Å². The van der Waals surface area contributed by atoms with Crippen LogP contribution < -0.4 is 10.6 Å². The van der Waals surface area contributed by atoms with Crippen molar-refractivity contribution in [2.75, 3.05) is 17.2 Å². The first-order valence-electron chi connectivity index (χ1n) is 8.90. The molecular formula is C21H23BrN4O. The molecule has 0 saturated carbocycles. The van der Waals surface area contributed by atoms with E-state index in [4.69, 9.17) is 0 Å². The highest BCUT2D eigenvalue weighted by Gasteiger charge is 2.15. The van der Waals surface area contributed by atoms with Crippen LogP contribution in [0.5, 0.6) is 0 Å². The van der Waals surface area contributed by atoms with Gasteiger partial charge in [-0.1, -0.05) is 56.3 Å². The summed E-state index contributed by atoms with van der Waals surface area (Å²) in [5.74, 6) is 1.41. The van der Waals surface area contributed by atoms with Crippen LogP contribution in [0.15, 0.2) is 65.1 Å². The molecule has 0 aliphatic heterocycles. The Morgan fingerprint density at radius 2 is 1.70 bits per heavy atom. The van der Waals surface area contributed by atoms with Crippen LogP contribution >= 0.6 is 15.9 Å². The number of anilines is 3. The van der Waals surface area contributed by atoms with E-state index in [2.05, 4.69) is 50.4 Å². The zero-order valence-electron chi connectivity index (χ0n) is 15.4. The maximum absolute atomic E-state index is 9.65. The van der Waals surface area contributed by atoms with Gasteiger partial charge < -0.3 is 15.7 Å². The van der Waals surface area contributed by atoms with Crippen molar-refractivity contribution >= 4 is 33.4 Å². The van der Waals surface area contributed by atoms with E-state index in [-0.39, 0.29) is 18.6 Å².